The van der Waals surface area contributed by atoms with E-state index in [9.17, 15) is 14.0 Å². The zero-order chi connectivity index (χ0) is 23.7. The van der Waals surface area contributed by atoms with Gasteiger partial charge in [-0.25, -0.2) is 4.39 Å². The fraction of sp³-hybridized carbons (Fsp3) is 0.346. The summed E-state index contributed by atoms with van der Waals surface area (Å²) in [5, 5.41) is 2.04. The molecule has 2 atom stereocenters. The zero-order valence-corrected chi connectivity index (χ0v) is 21.0. The third-order valence-corrected chi connectivity index (χ3v) is 8.14. The van der Waals surface area contributed by atoms with Crippen molar-refractivity contribution in [3.63, 3.8) is 0 Å². The van der Waals surface area contributed by atoms with Crippen molar-refractivity contribution in [1.82, 2.24) is 14.8 Å². The van der Waals surface area contributed by atoms with Crippen LogP contribution < -0.4 is 0 Å². The molecule has 0 spiro atoms. The number of aromatic nitrogens is 1. The van der Waals surface area contributed by atoms with Crippen LogP contribution in [0.2, 0.25) is 0 Å². The molecular formula is C26H25BrFN3O2S. The topological polar surface area (TPSA) is 53.5 Å². The lowest BCUT2D eigenvalue weighted by atomic mass is 9.93. The van der Waals surface area contributed by atoms with Gasteiger partial charge in [-0.3, -0.25) is 14.6 Å². The average Bonchev–Trinajstić information content (AvgIpc) is 3.52. The number of hydrogen-bond donors (Lipinski definition) is 0. The monoisotopic (exact) mass is 541 g/mol. The van der Waals surface area contributed by atoms with Gasteiger partial charge in [0.15, 0.2) is 0 Å². The van der Waals surface area contributed by atoms with Gasteiger partial charge in [-0.1, -0.05) is 12.1 Å². The molecule has 2 aliphatic heterocycles. The summed E-state index contributed by atoms with van der Waals surface area (Å²) in [5.74, 6) is -0.337. The number of carbonyl (C=O) groups excluding carboxylic acids is 2. The van der Waals surface area contributed by atoms with Crippen molar-refractivity contribution in [1.29, 1.82) is 0 Å². The normalized spacial score (nSPS) is 19.8. The molecule has 176 valence electrons. The summed E-state index contributed by atoms with van der Waals surface area (Å²) in [6, 6.07) is 10.2. The molecule has 4 heterocycles. The molecule has 5 rings (SSSR count). The molecule has 1 saturated heterocycles. The van der Waals surface area contributed by atoms with Crippen LogP contribution in [-0.2, 0) is 16.0 Å². The summed E-state index contributed by atoms with van der Waals surface area (Å²) in [5.41, 5.74) is 3.01. The molecule has 2 amide bonds. The van der Waals surface area contributed by atoms with E-state index in [1.807, 2.05) is 27.4 Å². The summed E-state index contributed by atoms with van der Waals surface area (Å²) in [4.78, 5) is 35.7. The highest BCUT2D eigenvalue weighted by molar-refractivity contribution is 9.10. The highest BCUT2D eigenvalue weighted by atomic mass is 79.9. The molecule has 0 saturated carbocycles. The summed E-state index contributed by atoms with van der Waals surface area (Å²) in [6.07, 6.45) is 6.53. The first-order valence-corrected chi connectivity index (χ1v) is 13.2. The number of carbonyl (C=O) groups is 2. The van der Waals surface area contributed by atoms with E-state index in [4.69, 9.17) is 0 Å². The second-order valence-corrected chi connectivity index (χ2v) is 10.7. The Morgan fingerprint density at radius 1 is 1.03 bits per heavy atom. The Morgan fingerprint density at radius 2 is 1.79 bits per heavy atom. The lowest BCUT2D eigenvalue weighted by molar-refractivity contribution is -0.138. The number of hydrogen-bond acceptors (Lipinski definition) is 4. The molecular weight excluding hydrogens is 517 g/mol. The number of pyridine rings is 1. The Bertz CT molecular complexity index is 1200. The van der Waals surface area contributed by atoms with E-state index in [2.05, 4.69) is 27.0 Å². The van der Waals surface area contributed by atoms with Crippen LogP contribution in [0.1, 0.15) is 59.3 Å². The van der Waals surface area contributed by atoms with Gasteiger partial charge in [-0.15, -0.1) is 11.3 Å². The Kier molecular flexibility index (Phi) is 6.79. The Morgan fingerprint density at radius 3 is 2.56 bits per heavy atom. The van der Waals surface area contributed by atoms with Crippen LogP contribution >= 0.6 is 27.3 Å². The van der Waals surface area contributed by atoms with Crippen LogP contribution in [0.5, 0.6) is 0 Å². The van der Waals surface area contributed by atoms with Gasteiger partial charge in [0.1, 0.15) is 5.82 Å². The van der Waals surface area contributed by atoms with Crippen molar-refractivity contribution < 1.29 is 14.0 Å². The number of halogens is 2. The minimum absolute atomic E-state index is 0.00221. The van der Waals surface area contributed by atoms with E-state index in [0.717, 1.165) is 40.4 Å². The van der Waals surface area contributed by atoms with Crippen LogP contribution in [0.3, 0.4) is 0 Å². The quantitative estimate of drug-likeness (QED) is 0.418. The number of likely N-dealkylation sites (tertiary alicyclic amines) is 1. The van der Waals surface area contributed by atoms with E-state index in [1.54, 1.807) is 29.7 Å². The van der Waals surface area contributed by atoms with Gasteiger partial charge in [-0.05, 0) is 81.5 Å². The van der Waals surface area contributed by atoms with Crippen LogP contribution in [0, 0.1) is 5.82 Å². The summed E-state index contributed by atoms with van der Waals surface area (Å²) >= 11 is 5.15. The van der Waals surface area contributed by atoms with Crippen molar-refractivity contribution in [2.75, 3.05) is 13.1 Å². The van der Waals surface area contributed by atoms with Gasteiger partial charge in [0.2, 0.25) is 11.8 Å². The van der Waals surface area contributed by atoms with Crippen molar-refractivity contribution in [3.8, 4) is 0 Å². The van der Waals surface area contributed by atoms with Crippen LogP contribution in [0.25, 0.3) is 0 Å². The predicted octanol–water partition coefficient (Wildman–Crippen LogP) is 5.66. The molecule has 34 heavy (non-hydrogen) atoms. The molecule has 2 aromatic heterocycles. The molecule has 0 aliphatic carbocycles. The van der Waals surface area contributed by atoms with Gasteiger partial charge in [0.05, 0.1) is 12.1 Å². The first-order valence-electron chi connectivity index (χ1n) is 11.5. The van der Waals surface area contributed by atoms with Gasteiger partial charge in [0, 0.05) is 47.7 Å². The van der Waals surface area contributed by atoms with Crippen LogP contribution in [0.4, 0.5) is 4.39 Å². The number of amides is 2. The Labute approximate surface area is 210 Å². The minimum atomic E-state index is -0.297. The molecule has 0 N–H and O–H groups in total. The van der Waals surface area contributed by atoms with Crippen molar-refractivity contribution in [2.45, 2.75) is 44.2 Å². The fourth-order valence-corrected chi connectivity index (χ4v) is 6.40. The molecule has 1 aromatic carbocycles. The molecule has 2 aliphatic rings. The van der Waals surface area contributed by atoms with Gasteiger partial charge < -0.3 is 9.80 Å². The molecule has 0 bridgehead atoms. The van der Waals surface area contributed by atoms with E-state index >= 15 is 0 Å². The molecule has 2 unspecified atom stereocenters. The fourth-order valence-electron chi connectivity index (χ4n) is 5.11. The third-order valence-electron chi connectivity index (χ3n) is 6.71. The predicted molar refractivity (Wildman–Crippen MR) is 133 cm³/mol. The Hall–Kier alpha value is -2.58. The van der Waals surface area contributed by atoms with Gasteiger partial charge in [0.25, 0.3) is 0 Å². The SMILES string of the molecule is O=C(CCC(=O)N1CCc2sccc2C1c1ccc(F)cc1)N1CCCC1c1cncc(Br)c1. The van der Waals surface area contributed by atoms with Crippen LogP contribution in [0.15, 0.2) is 58.6 Å². The molecule has 0 radical (unpaired) electrons. The summed E-state index contributed by atoms with van der Waals surface area (Å²) in [7, 11) is 0. The molecule has 8 heteroatoms. The smallest absolute Gasteiger partial charge is 0.223 e. The van der Waals surface area contributed by atoms with Crippen LogP contribution in [-0.4, -0.2) is 39.7 Å². The largest absolute Gasteiger partial charge is 0.336 e. The van der Waals surface area contributed by atoms with Gasteiger partial charge in [-0.2, -0.15) is 0 Å². The van der Waals surface area contributed by atoms with Crippen molar-refractivity contribution in [3.05, 3.63) is 86.0 Å². The lowest BCUT2D eigenvalue weighted by Gasteiger charge is -2.36. The first kappa shape index (κ1) is 23.2. The number of thiophene rings is 1. The number of rotatable bonds is 5. The maximum absolute atomic E-state index is 13.6. The van der Waals surface area contributed by atoms with Gasteiger partial charge >= 0.3 is 0 Å². The minimum Gasteiger partial charge on any atom is -0.336 e. The number of fused-ring (bicyclic) bond motifs is 1. The molecule has 1 fully saturated rings. The van der Waals surface area contributed by atoms with Crippen molar-refractivity contribution >= 4 is 39.1 Å². The average molecular weight is 542 g/mol. The van der Waals surface area contributed by atoms with E-state index < -0.39 is 0 Å². The highest BCUT2D eigenvalue weighted by Crippen LogP contribution is 2.38. The maximum Gasteiger partial charge on any atom is 0.223 e. The van der Waals surface area contributed by atoms with Crippen molar-refractivity contribution in [2.24, 2.45) is 0 Å². The zero-order valence-electron chi connectivity index (χ0n) is 18.6. The lowest BCUT2D eigenvalue weighted by Crippen LogP contribution is -2.40. The number of nitrogens with zero attached hydrogens (tertiary/aromatic N) is 3. The first-order chi connectivity index (χ1) is 16.5. The van der Waals surface area contributed by atoms with E-state index in [0.29, 0.717) is 13.1 Å². The van der Waals surface area contributed by atoms with E-state index in [1.165, 1.54) is 17.0 Å². The highest BCUT2D eigenvalue weighted by Gasteiger charge is 2.34. The third kappa shape index (κ3) is 4.66. The Balaban J connectivity index is 1.29. The number of benzene rings is 1. The second kappa shape index (κ2) is 9.96. The van der Waals surface area contributed by atoms with E-state index in [-0.39, 0.29) is 42.6 Å². The second-order valence-electron chi connectivity index (χ2n) is 8.77. The maximum atomic E-state index is 13.6. The molecule has 3 aromatic rings. The summed E-state index contributed by atoms with van der Waals surface area (Å²) in [6.45, 7) is 1.29. The standard InChI is InChI=1S/C26H25BrFN3O2S/c27-19-14-18(15-29-16-19)22-2-1-11-30(22)24(32)7-8-25(33)31-12-9-23-21(10-13-34-23)26(31)17-3-5-20(28)6-4-17/h3-6,10,13-16,22,26H,1-2,7-9,11-12H2. The summed E-state index contributed by atoms with van der Waals surface area (Å²) < 4.78 is 14.4. The molecule has 5 nitrogen and oxygen atoms in total.